The quantitative estimate of drug-likeness (QED) is 0.596. The normalized spacial score (nSPS) is 15.3. The molecule has 1 aromatic heterocycles. The minimum atomic E-state index is -3.45. The van der Waals surface area contributed by atoms with Crippen molar-refractivity contribution in [1.82, 2.24) is 0 Å². The lowest BCUT2D eigenvalue weighted by atomic mass is 10.2. The number of anilines is 2. The second-order valence-electron chi connectivity index (χ2n) is 5.19. The number of nitrogen functional groups attached to an aromatic ring is 1. The van der Waals surface area contributed by atoms with Gasteiger partial charge in [0.2, 0.25) is 0 Å². The summed E-state index contributed by atoms with van der Waals surface area (Å²) >= 11 is 1.18. The van der Waals surface area contributed by atoms with Gasteiger partial charge >= 0.3 is 0 Å². The number of hydrogen-bond acceptors (Lipinski definition) is 6. The number of nitrogens with one attached hydrogen (secondary N) is 1. The van der Waals surface area contributed by atoms with Crippen molar-refractivity contribution < 1.29 is 13.2 Å². The number of unbranched alkanes of at least 4 members (excludes halogenated alkanes) is 1. The van der Waals surface area contributed by atoms with Gasteiger partial charge in [0.25, 0.3) is 0 Å². The first-order valence-electron chi connectivity index (χ1n) is 6.76. The molecule has 112 valence electrons. The topological polar surface area (TPSA) is 89.3 Å². The number of nitrogens with two attached hydrogens (primary N) is 1. The summed E-state index contributed by atoms with van der Waals surface area (Å²) in [6.07, 6.45) is 4.83. The van der Waals surface area contributed by atoms with Gasteiger partial charge in [0.05, 0.1) is 10.6 Å². The Labute approximate surface area is 123 Å². The monoisotopic (exact) mass is 316 g/mol. The third kappa shape index (κ3) is 3.15. The first-order valence-corrected chi connectivity index (χ1v) is 9.47. The average Bonchev–Trinajstić information content (AvgIpc) is 3.12. The molecule has 1 aliphatic carbocycles. The van der Waals surface area contributed by atoms with Crippen LogP contribution in [0.5, 0.6) is 0 Å². The van der Waals surface area contributed by atoms with Crippen molar-refractivity contribution in [2.75, 3.05) is 23.9 Å². The number of sulfone groups is 1. The van der Waals surface area contributed by atoms with E-state index in [1.54, 1.807) is 0 Å². The van der Waals surface area contributed by atoms with Crippen molar-refractivity contribution in [2.45, 2.75) is 37.5 Å². The van der Waals surface area contributed by atoms with Crippen molar-refractivity contribution in [3.05, 3.63) is 4.88 Å². The Morgan fingerprint density at radius 2 is 2.10 bits per heavy atom. The summed E-state index contributed by atoms with van der Waals surface area (Å²) in [6.45, 7) is 2.74. The largest absolute Gasteiger partial charge is 0.396 e. The van der Waals surface area contributed by atoms with E-state index >= 15 is 0 Å². The van der Waals surface area contributed by atoms with E-state index in [1.807, 2.05) is 0 Å². The zero-order valence-electron chi connectivity index (χ0n) is 11.7. The Bertz CT molecular complexity index is 616. The fourth-order valence-corrected chi connectivity index (χ4v) is 4.62. The highest BCUT2D eigenvalue weighted by Gasteiger charge is 2.35. The third-order valence-corrected chi connectivity index (χ3v) is 5.73. The van der Waals surface area contributed by atoms with Crippen LogP contribution in [0, 0.1) is 5.92 Å². The molecule has 1 heterocycles. The Kier molecular flexibility index (Phi) is 4.39. The minimum Gasteiger partial charge on any atom is -0.396 e. The van der Waals surface area contributed by atoms with Crippen molar-refractivity contribution >= 4 is 37.6 Å². The van der Waals surface area contributed by atoms with Crippen molar-refractivity contribution in [3.63, 3.8) is 0 Å². The van der Waals surface area contributed by atoms with E-state index in [0.717, 1.165) is 31.9 Å². The number of hydrogen-bond donors (Lipinski definition) is 2. The number of thiophene rings is 1. The van der Waals surface area contributed by atoms with Crippen molar-refractivity contribution in [3.8, 4) is 0 Å². The van der Waals surface area contributed by atoms with Gasteiger partial charge < -0.3 is 11.1 Å². The highest BCUT2D eigenvalue weighted by atomic mass is 32.2. The molecule has 0 radical (unpaired) electrons. The van der Waals surface area contributed by atoms with E-state index in [4.69, 9.17) is 5.73 Å². The van der Waals surface area contributed by atoms with Crippen LogP contribution >= 0.6 is 11.3 Å². The summed E-state index contributed by atoms with van der Waals surface area (Å²) in [7, 11) is -3.45. The van der Waals surface area contributed by atoms with Crippen LogP contribution in [0.25, 0.3) is 0 Å². The van der Waals surface area contributed by atoms with Gasteiger partial charge in [-0.25, -0.2) is 8.42 Å². The smallest absolute Gasteiger partial charge is 0.180 e. The number of carbonyl (C=O) groups is 1. The predicted molar refractivity (Wildman–Crippen MR) is 82.3 cm³/mol. The molecule has 2 rings (SSSR count). The Morgan fingerprint density at radius 1 is 1.45 bits per heavy atom. The maximum Gasteiger partial charge on any atom is 0.180 e. The lowest BCUT2D eigenvalue weighted by molar-refractivity contribution is 0.0972. The lowest BCUT2D eigenvalue weighted by Gasteiger charge is -2.05. The molecule has 0 bridgehead atoms. The molecule has 1 aliphatic rings. The lowest BCUT2D eigenvalue weighted by Crippen LogP contribution is -2.07. The van der Waals surface area contributed by atoms with Crippen LogP contribution in [0.15, 0.2) is 4.90 Å². The van der Waals surface area contributed by atoms with E-state index in [-0.39, 0.29) is 22.3 Å². The van der Waals surface area contributed by atoms with Gasteiger partial charge in [0.15, 0.2) is 15.6 Å². The Morgan fingerprint density at radius 3 is 2.60 bits per heavy atom. The molecule has 5 nitrogen and oxygen atoms in total. The van der Waals surface area contributed by atoms with Gasteiger partial charge in [0.1, 0.15) is 9.90 Å². The molecule has 3 N–H and O–H groups in total. The van der Waals surface area contributed by atoms with Crippen LogP contribution in [0.1, 0.15) is 42.3 Å². The van der Waals surface area contributed by atoms with Crippen LogP contribution in [0.3, 0.4) is 0 Å². The van der Waals surface area contributed by atoms with Gasteiger partial charge in [0, 0.05) is 18.7 Å². The molecule has 0 saturated heterocycles. The zero-order chi connectivity index (χ0) is 14.9. The number of rotatable bonds is 7. The molecular formula is C13H20N2O3S2. The Balaban J connectivity index is 2.38. The maximum atomic E-state index is 12.2. The fraction of sp³-hybridized carbons (Fsp3) is 0.615. The second kappa shape index (κ2) is 5.73. The first kappa shape index (κ1) is 15.3. The average molecular weight is 316 g/mol. The van der Waals surface area contributed by atoms with Crippen LogP contribution in [-0.2, 0) is 9.84 Å². The van der Waals surface area contributed by atoms with Gasteiger partial charge in [-0.3, -0.25) is 4.79 Å². The van der Waals surface area contributed by atoms with E-state index in [0.29, 0.717) is 16.4 Å². The van der Waals surface area contributed by atoms with Crippen molar-refractivity contribution in [1.29, 1.82) is 0 Å². The second-order valence-corrected chi connectivity index (χ2v) is 8.17. The summed E-state index contributed by atoms with van der Waals surface area (Å²) < 4.78 is 23.8. The third-order valence-electron chi connectivity index (χ3n) is 3.26. The molecule has 0 unspecified atom stereocenters. The molecule has 0 aromatic carbocycles. The van der Waals surface area contributed by atoms with Gasteiger partial charge in [-0.2, -0.15) is 0 Å². The zero-order valence-corrected chi connectivity index (χ0v) is 13.4. The molecule has 1 aromatic rings. The maximum absolute atomic E-state index is 12.2. The molecule has 0 spiro atoms. The number of Topliss-reactive ketones (excluding diaryl/α,β-unsaturated/α-hetero) is 1. The predicted octanol–water partition coefficient (Wildman–Crippen LogP) is 2.54. The van der Waals surface area contributed by atoms with Crippen LogP contribution in [0.2, 0.25) is 0 Å². The van der Waals surface area contributed by atoms with Crippen LogP contribution in [0.4, 0.5) is 10.7 Å². The van der Waals surface area contributed by atoms with Crippen LogP contribution < -0.4 is 11.1 Å². The molecule has 20 heavy (non-hydrogen) atoms. The highest BCUT2D eigenvalue weighted by Crippen LogP contribution is 2.43. The van der Waals surface area contributed by atoms with E-state index in [1.165, 1.54) is 11.3 Å². The summed E-state index contributed by atoms with van der Waals surface area (Å²) in [4.78, 5) is 12.6. The summed E-state index contributed by atoms with van der Waals surface area (Å²) in [6, 6.07) is 0. The molecule has 0 aliphatic heterocycles. The van der Waals surface area contributed by atoms with E-state index in [2.05, 4.69) is 12.2 Å². The summed E-state index contributed by atoms with van der Waals surface area (Å²) in [5, 5.41) is 3.61. The molecule has 0 atom stereocenters. The van der Waals surface area contributed by atoms with Gasteiger partial charge in [-0.15, -0.1) is 11.3 Å². The molecule has 1 saturated carbocycles. The summed E-state index contributed by atoms with van der Waals surface area (Å²) in [5.41, 5.74) is 6.05. The van der Waals surface area contributed by atoms with E-state index < -0.39 is 9.84 Å². The molecular weight excluding hydrogens is 296 g/mol. The minimum absolute atomic E-state index is 0.0130. The van der Waals surface area contributed by atoms with Crippen LogP contribution in [-0.4, -0.2) is 27.0 Å². The number of carbonyl (C=O) groups excluding carboxylic acids is 1. The fourth-order valence-electron chi connectivity index (χ4n) is 2.01. The number of ketones is 1. The SMILES string of the molecule is CCCCNc1sc(C(=O)C2CC2)c(N)c1S(C)(=O)=O. The standard InChI is InChI=1S/C13H20N2O3S2/c1-3-4-7-15-13-12(20(2,17)18)9(14)11(19-13)10(16)8-5-6-8/h8,15H,3-7,14H2,1-2H3. The Hall–Kier alpha value is -1.08. The van der Waals surface area contributed by atoms with Crippen molar-refractivity contribution in [2.24, 2.45) is 5.92 Å². The summed E-state index contributed by atoms with van der Waals surface area (Å²) in [5.74, 6) is 0.0211. The highest BCUT2D eigenvalue weighted by molar-refractivity contribution is 7.91. The molecule has 1 fully saturated rings. The van der Waals surface area contributed by atoms with Gasteiger partial charge in [-0.1, -0.05) is 13.3 Å². The molecule has 7 heteroatoms. The first-order chi connectivity index (χ1) is 9.36. The van der Waals surface area contributed by atoms with E-state index in [9.17, 15) is 13.2 Å². The molecule has 0 amide bonds. The van der Waals surface area contributed by atoms with Gasteiger partial charge in [-0.05, 0) is 19.3 Å².